The van der Waals surface area contributed by atoms with E-state index in [1.54, 1.807) is 12.1 Å². The van der Waals surface area contributed by atoms with E-state index in [1.165, 1.54) is 31.2 Å². The summed E-state index contributed by atoms with van der Waals surface area (Å²) in [6.45, 7) is 8.04. The number of piperidine rings is 2. The van der Waals surface area contributed by atoms with Crippen molar-refractivity contribution in [3.8, 4) is 23.0 Å². The van der Waals surface area contributed by atoms with Crippen LogP contribution in [0.25, 0.3) is 0 Å². The summed E-state index contributed by atoms with van der Waals surface area (Å²) in [5, 5.41) is 49.6. The summed E-state index contributed by atoms with van der Waals surface area (Å²) in [5.41, 5.74) is 4.41. The highest BCUT2D eigenvalue weighted by Gasteiger charge is 2.75. The van der Waals surface area contributed by atoms with E-state index in [-0.39, 0.29) is 23.6 Å². The smallest absolute Gasteiger partial charge is 0.166 e. The second kappa shape index (κ2) is 9.03. The van der Waals surface area contributed by atoms with E-state index in [2.05, 4.69) is 34.7 Å². The first kappa shape index (κ1) is 29.3. The Labute approximate surface area is 292 Å². The molecule has 1 unspecified atom stereocenters. The lowest BCUT2D eigenvalue weighted by molar-refractivity contribution is -0.174. The van der Waals surface area contributed by atoms with Crippen molar-refractivity contribution in [3.63, 3.8) is 0 Å². The zero-order valence-electron chi connectivity index (χ0n) is 29.0. The number of aryl methyl sites for hydroxylation is 1. The van der Waals surface area contributed by atoms with Crippen molar-refractivity contribution >= 4 is 0 Å². The molecule has 12 rings (SSSR count). The van der Waals surface area contributed by atoms with Crippen LogP contribution in [0.3, 0.4) is 0 Å². The number of aromatic hydroxyl groups is 2. The fourth-order valence-electron chi connectivity index (χ4n) is 13.0. The molecule has 5 heterocycles. The van der Waals surface area contributed by atoms with Crippen LogP contribution in [0.2, 0.25) is 0 Å². The molecular formula is C41H47N3O6. The van der Waals surface area contributed by atoms with Gasteiger partial charge in [-0.2, -0.15) is 0 Å². The highest BCUT2D eigenvalue weighted by atomic mass is 16.5. The molecule has 50 heavy (non-hydrogen) atoms. The van der Waals surface area contributed by atoms with E-state index in [0.29, 0.717) is 36.2 Å². The molecule has 3 aromatic rings. The molecule has 5 N–H and O–H groups in total. The largest absolute Gasteiger partial charge is 0.504 e. The number of benzene rings is 2. The number of rotatable bonds is 4. The third kappa shape index (κ3) is 3.16. The maximum Gasteiger partial charge on any atom is 0.166 e. The lowest BCUT2D eigenvalue weighted by atomic mass is 9.48. The first-order valence-corrected chi connectivity index (χ1v) is 19.3. The summed E-state index contributed by atoms with van der Waals surface area (Å²) in [4.78, 5) is 8.98. The molecule has 2 saturated carbocycles. The molecule has 9 nitrogen and oxygen atoms in total. The number of ether oxygens (including phenoxy) is 2. The van der Waals surface area contributed by atoms with Crippen LogP contribution in [-0.2, 0) is 30.1 Å². The van der Waals surface area contributed by atoms with E-state index in [1.807, 2.05) is 6.07 Å². The highest BCUT2D eigenvalue weighted by molar-refractivity contribution is 5.67. The van der Waals surface area contributed by atoms with Crippen LogP contribution in [0.1, 0.15) is 102 Å². The Morgan fingerprint density at radius 1 is 0.760 bits per heavy atom. The van der Waals surface area contributed by atoms with E-state index >= 15 is 0 Å². The molecule has 9 heteroatoms. The van der Waals surface area contributed by atoms with Crippen LogP contribution < -0.4 is 9.47 Å². The number of nitrogens with zero attached hydrogens (tertiary/aromatic N) is 2. The topological polar surface area (TPSA) is 122 Å². The highest BCUT2D eigenvalue weighted by Crippen LogP contribution is 2.72. The number of fused-ring (bicyclic) bond motifs is 6. The zero-order valence-corrected chi connectivity index (χ0v) is 29.0. The van der Waals surface area contributed by atoms with Gasteiger partial charge in [-0.05, 0) is 118 Å². The third-order valence-corrected chi connectivity index (χ3v) is 15.7. The van der Waals surface area contributed by atoms with Crippen molar-refractivity contribution in [1.82, 2.24) is 14.8 Å². The van der Waals surface area contributed by atoms with Gasteiger partial charge in [-0.25, -0.2) is 0 Å². The van der Waals surface area contributed by atoms with Crippen molar-refractivity contribution in [1.29, 1.82) is 0 Å². The maximum absolute atomic E-state index is 13.6. The molecule has 9 aliphatic rings. The molecule has 2 bridgehead atoms. The van der Waals surface area contributed by atoms with Gasteiger partial charge in [-0.15, -0.1) is 0 Å². The van der Waals surface area contributed by atoms with Gasteiger partial charge in [0.15, 0.2) is 35.2 Å². The number of nitrogens with one attached hydrogen (secondary N) is 1. The molecule has 1 aromatic heterocycles. The number of aliphatic hydroxyl groups is 2. The Hall–Kier alpha value is -3.24. The normalized spacial score (nSPS) is 40.2. The lowest BCUT2D eigenvalue weighted by Crippen LogP contribution is -2.74. The average molecular weight is 678 g/mol. The zero-order chi connectivity index (χ0) is 33.7. The summed E-state index contributed by atoms with van der Waals surface area (Å²) < 4.78 is 13.9. The Balaban J connectivity index is 1.08. The van der Waals surface area contributed by atoms with Gasteiger partial charge in [0.05, 0.1) is 33.4 Å². The maximum atomic E-state index is 13.6. The van der Waals surface area contributed by atoms with Crippen LogP contribution >= 0.6 is 0 Å². The summed E-state index contributed by atoms with van der Waals surface area (Å²) in [6.07, 6.45) is 7.10. The number of phenolic OH excluding ortho intramolecular Hbond substituents is 2. The van der Waals surface area contributed by atoms with Crippen LogP contribution in [0, 0.1) is 18.8 Å². The van der Waals surface area contributed by atoms with E-state index < -0.39 is 34.2 Å². The molecule has 0 amide bonds. The number of aromatic nitrogens is 1. The molecule has 2 spiro atoms. The fraction of sp³-hybridized carbons (Fsp3) is 0.610. The summed E-state index contributed by atoms with van der Waals surface area (Å²) in [5.74, 6) is 2.67. The van der Waals surface area contributed by atoms with Gasteiger partial charge < -0.3 is 34.9 Å². The summed E-state index contributed by atoms with van der Waals surface area (Å²) in [6, 6.07) is 7.30. The quantitative estimate of drug-likeness (QED) is 0.272. The van der Waals surface area contributed by atoms with Crippen LogP contribution in [0.15, 0.2) is 24.3 Å². The Morgan fingerprint density at radius 3 is 1.98 bits per heavy atom. The van der Waals surface area contributed by atoms with Gasteiger partial charge in [-0.1, -0.05) is 12.1 Å². The number of hydrogen-bond acceptors (Lipinski definition) is 8. The SMILES string of the molecule is Cc1ccc(O)c2c1[C@]13CCN(CC4CC4)[C@H](C)[C@]1(O)Cc1c([nH]c4c1C[C@@]1(O)C5Cc6ccc(O)c7c6[C@@]1(CCN5CC1CC1)[C@H]4O7)[C@@H]3O2. The third-order valence-electron chi connectivity index (χ3n) is 15.7. The molecule has 262 valence electrons. The molecule has 2 aromatic carbocycles. The number of hydrogen-bond donors (Lipinski definition) is 5. The van der Waals surface area contributed by atoms with Gasteiger partial charge in [0.1, 0.15) is 0 Å². The molecule has 4 fully saturated rings. The van der Waals surface area contributed by atoms with Gasteiger partial charge in [-0.3, -0.25) is 9.80 Å². The van der Waals surface area contributed by atoms with Gasteiger partial charge >= 0.3 is 0 Å². The van der Waals surface area contributed by atoms with Crippen LogP contribution in [0.5, 0.6) is 23.0 Å². The molecule has 5 aliphatic carbocycles. The number of H-pyrrole nitrogens is 1. The van der Waals surface area contributed by atoms with Gasteiger partial charge in [0, 0.05) is 49.1 Å². The second-order valence-electron chi connectivity index (χ2n) is 17.9. The first-order valence-electron chi connectivity index (χ1n) is 19.3. The lowest BCUT2D eigenvalue weighted by Gasteiger charge is -2.63. The van der Waals surface area contributed by atoms with Crippen molar-refractivity contribution < 1.29 is 29.9 Å². The Morgan fingerprint density at radius 2 is 1.32 bits per heavy atom. The molecule has 4 aliphatic heterocycles. The molecule has 8 atom stereocenters. The van der Waals surface area contributed by atoms with Crippen LogP contribution in [0.4, 0.5) is 0 Å². The van der Waals surface area contributed by atoms with Crippen molar-refractivity contribution in [2.75, 3.05) is 26.2 Å². The van der Waals surface area contributed by atoms with Gasteiger partial charge in [0.25, 0.3) is 0 Å². The number of phenols is 2. The van der Waals surface area contributed by atoms with E-state index in [9.17, 15) is 20.4 Å². The van der Waals surface area contributed by atoms with Crippen molar-refractivity contribution in [2.45, 2.75) is 118 Å². The molecule has 0 radical (unpaired) electrons. The Bertz CT molecular complexity index is 2040. The first-order chi connectivity index (χ1) is 24.1. The fourth-order valence-corrected chi connectivity index (χ4v) is 13.0. The average Bonchev–Trinajstić information content (AvgIpc) is 3.99. The second-order valence-corrected chi connectivity index (χ2v) is 17.9. The summed E-state index contributed by atoms with van der Waals surface area (Å²) >= 11 is 0. The van der Waals surface area contributed by atoms with Crippen molar-refractivity contribution in [3.05, 3.63) is 69.0 Å². The predicted octanol–water partition coefficient (Wildman–Crippen LogP) is 4.60. The monoisotopic (exact) mass is 677 g/mol. The van der Waals surface area contributed by atoms with E-state index in [4.69, 9.17) is 9.47 Å². The summed E-state index contributed by atoms with van der Waals surface area (Å²) in [7, 11) is 0. The predicted molar refractivity (Wildman–Crippen MR) is 184 cm³/mol. The molecular weight excluding hydrogens is 630 g/mol. The minimum absolute atomic E-state index is 0.0652. The number of likely N-dealkylation sites (tertiary alicyclic amines) is 2. The Kier molecular flexibility index (Phi) is 5.30. The van der Waals surface area contributed by atoms with Gasteiger partial charge in [0.2, 0.25) is 0 Å². The van der Waals surface area contributed by atoms with E-state index in [0.717, 1.165) is 84.6 Å². The number of aromatic amines is 1. The minimum atomic E-state index is -1.18. The standard InChI is InChI=1S/C41H47N3O6/c1-20-3-9-27(45)34-30(20)38-11-13-43(18-22-4-5-22)21(2)40(38,47)16-25-26-17-41(48)29-15-24-8-10-28(46)35-31(24)39(41,12-14-44(29)19-23-6-7-23)37(50-35)33(26)42-32(25)36(38)49-34/h3,8-10,21-23,29,36-37,42,45-48H,4-7,11-19H2,1-2H3/t21-,29?,36+,37+,38+,39+,40-,41-/m1/s1. The minimum Gasteiger partial charge on any atom is -0.504 e. The van der Waals surface area contributed by atoms with Crippen molar-refractivity contribution in [2.24, 2.45) is 11.8 Å². The van der Waals surface area contributed by atoms with Crippen LogP contribution in [-0.4, -0.2) is 84.7 Å². The molecule has 2 saturated heterocycles.